The van der Waals surface area contributed by atoms with Crippen LogP contribution in [-0.4, -0.2) is 64.0 Å². The molecule has 1 heterocycles. The smallest absolute Gasteiger partial charge is 0.325 e. The van der Waals surface area contributed by atoms with Crippen molar-refractivity contribution >= 4 is 17.8 Å². The highest BCUT2D eigenvalue weighted by Crippen LogP contribution is 2.20. The minimum atomic E-state index is -0.925. The summed E-state index contributed by atoms with van der Waals surface area (Å²) >= 11 is 0. The lowest BCUT2D eigenvalue weighted by Crippen LogP contribution is -2.47. The highest BCUT2D eigenvalue weighted by molar-refractivity contribution is 6.08. The van der Waals surface area contributed by atoms with Crippen molar-refractivity contribution in [2.45, 2.75) is 52.1 Å². The Kier molecular flexibility index (Phi) is 5.71. The Morgan fingerprint density at radius 3 is 2.48 bits per heavy atom. The molecule has 4 amide bonds. The molecule has 1 unspecified atom stereocenters. The summed E-state index contributed by atoms with van der Waals surface area (Å²) in [5.41, 5.74) is -0.925. The SMILES string of the molecule is CCC1(C)NC(=O)N(CC(=O)N(CCCO)C(C)C)C1=O. The molecule has 7 nitrogen and oxygen atoms in total. The van der Waals surface area contributed by atoms with Crippen LogP contribution in [0.15, 0.2) is 0 Å². The van der Waals surface area contributed by atoms with E-state index in [2.05, 4.69) is 5.32 Å². The highest BCUT2D eigenvalue weighted by Gasteiger charge is 2.47. The molecule has 1 atom stereocenters. The van der Waals surface area contributed by atoms with Crippen molar-refractivity contribution in [1.82, 2.24) is 15.1 Å². The average molecular weight is 299 g/mol. The van der Waals surface area contributed by atoms with E-state index in [1.807, 2.05) is 20.8 Å². The van der Waals surface area contributed by atoms with Gasteiger partial charge in [0.15, 0.2) is 0 Å². The minimum absolute atomic E-state index is 0.00641. The Morgan fingerprint density at radius 2 is 2.05 bits per heavy atom. The third-order valence-corrected chi connectivity index (χ3v) is 3.85. The van der Waals surface area contributed by atoms with E-state index in [1.54, 1.807) is 11.8 Å². The van der Waals surface area contributed by atoms with Gasteiger partial charge in [-0.2, -0.15) is 0 Å². The lowest BCUT2D eigenvalue weighted by molar-refractivity contribution is -0.139. The Hall–Kier alpha value is -1.63. The number of hydrogen-bond donors (Lipinski definition) is 2. The van der Waals surface area contributed by atoms with Crippen LogP contribution in [0.4, 0.5) is 4.79 Å². The Morgan fingerprint density at radius 1 is 1.43 bits per heavy atom. The first kappa shape index (κ1) is 17.4. The molecular formula is C14H25N3O4. The monoisotopic (exact) mass is 299 g/mol. The number of amides is 4. The molecule has 1 aliphatic rings. The van der Waals surface area contributed by atoms with Gasteiger partial charge in [-0.3, -0.25) is 14.5 Å². The van der Waals surface area contributed by atoms with Crippen molar-refractivity contribution in [2.24, 2.45) is 0 Å². The fourth-order valence-corrected chi connectivity index (χ4v) is 2.27. The van der Waals surface area contributed by atoms with Crippen LogP contribution in [0, 0.1) is 0 Å². The summed E-state index contributed by atoms with van der Waals surface area (Å²) in [6, 6.07) is -0.578. The van der Waals surface area contributed by atoms with Gasteiger partial charge in [0, 0.05) is 19.2 Å². The number of carbonyl (C=O) groups is 3. The summed E-state index contributed by atoms with van der Waals surface area (Å²) in [6.07, 6.45) is 0.942. The molecule has 2 N–H and O–H groups in total. The maximum absolute atomic E-state index is 12.3. The van der Waals surface area contributed by atoms with Gasteiger partial charge in [0.25, 0.3) is 5.91 Å². The summed E-state index contributed by atoms with van der Waals surface area (Å²) in [7, 11) is 0. The molecule has 0 aliphatic carbocycles. The van der Waals surface area contributed by atoms with Gasteiger partial charge in [0.2, 0.25) is 5.91 Å². The first-order chi connectivity index (χ1) is 9.76. The molecule has 0 saturated carbocycles. The molecule has 120 valence electrons. The number of aliphatic hydroxyl groups excluding tert-OH is 1. The topological polar surface area (TPSA) is 90.0 Å². The van der Waals surface area contributed by atoms with Crippen molar-refractivity contribution in [1.29, 1.82) is 0 Å². The molecule has 21 heavy (non-hydrogen) atoms. The first-order valence-electron chi connectivity index (χ1n) is 7.31. The third-order valence-electron chi connectivity index (χ3n) is 3.85. The summed E-state index contributed by atoms with van der Waals surface area (Å²) < 4.78 is 0. The fraction of sp³-hybridized carbons (Fsp3) is 0.786. The lowest BCUT2D eigenvalue weighted by atomic mass is 9.99. The zero-order valence-corrected chi connectivity index (χ0v) is 13.2. The van der Waals surface area contributed by atoms with Crippen LogP contribution in [0.25, 0.3) is 0 Å². The van der Waals surface area contributed by atoms with E-state index in [-0.39, 0.29) is 31.0 Å². The summed E-state index contributed by atoms with van der Waals surface area (Å²) in [6.45, 7) is 7.32. The van der Waals surface area contributed by atoms with E-state index in [4.69, 9.17) is 5.11 Å². The molecule has 1 aliphatic heterocycles. The van der Waals surface area contributed by atoms with Gasteiger partial charge in [-0.1, -0.05) is 6.92 Å². The van der Waals surface area contributed by atoms with Gasteiger partial charge in [0.1, 0.15) is 12.1 Å². The van der Waals surface area contributed by atoms with Crippen molar-refractivity contribution in [3.63, 3.8) is 0 Å². The molecule has 0 aromatic heterocycles. The maximum Gasteiger partial charge on any atom is 0.325 e. The minimum Gasteiger partial charge on any atom is -0.396 e. The molecule has 1 rings (SSSR count). The zero-order chi connectivity index (χ0) is 16.2. The van der Waals surface area contributed by atoms with E-state index in [1.165, 1.54) is 0 Å². The van der Waals surface area contributed by atoms with Gasteiger partial charge >= 0.3 is 6.03 Å². The number of imide groups is 1. The number of nitrogens with zero attached hydrogens (tertiary/aromatic N) is 2. The molecule has 0 aromatic carbocycles. The number of carbonyl (C=O) groups excluding carboxylic acids is 3. The van der Waals surface area contributed by atoms with Crippen molar-refractivity contribution < 1.29 is 19.5 Å². The molecule has 1 saturated heterocycles. The number of urea groups is 1. The summed E-state index contributed by atoms with van der Waals surface area (Å²) in [5, 5.41) is 11.5. The number of hydrogen-bond acceptors (Lipinski definition) is 4. The van der Waals surface area contributed by atoms with E-state index in [0.717, 1.165) is 4.90 Å². The second-order valence-corrected chi connectivity index (χ2v) is 5.77. The molecular weight excluding hydrogens is 274 g/mol. The quantitative estimate of drug-likeness (QED) is 0.663. The molecule has 0 radical (unpaired) electrons. The molecule has 0 bridgehead atoms. The largest absolute Gasteiger partial charge is 0.396 e. The second kappa shape index (κ2) is 6.89. The fourth-order valence-electron chi connectivity index (χ4n) is 2.27. The standard InChI is InChI=1S/C14H25N3O4/c1-5-14(4)12(20)17(13(21)15-14)9-11(19)16(10(2)3)7-6-8-18/h10,18H,5-9H2,1-4H3,(H,15,21). The van der Waals surface area contributed by atoms with Crippen LogP contribution in [0.5, 0.6) is 0 Å². The van der Waals surface area contributed by atoms with Gasteiger partial charge < -0.3 is 15.3 Å². The second-order valence-electron chi connectivity index (χ2n) is 5.77. The van der Waals surface area contributed by atoms with Crippen LogP contribution in [0.2, 0.25) is 0 Å². The average Bonchev–Trinajstić information content (AvgIpc) is 2.63. The highest BCUT2D eigenvalue weighted by atomic mass is 16.3. The van der Waals surface area contributed by atoms with Crippen LogP contribution in [-0.2, 0) is 9.59 Å². The zero-order valence-electron chi connectivity index (χ0n) is 13.2. The summed E-state index contributed by atoms with van der Waals surface area (Å²) in [4.78, 5) is 39.0. The maximum atomic E-state index is 12.3. The van der Waals surface area contributed by atoms with E-state index in [9.17, 15) is 14.4 Å². The number of rotatable bonds is 7. The lowest BCUT2D eigenvalue weighted by Gasteiger charge is -2.28. The Balaban J connectivity index is 2.77. The van der Waals surface area contributed by atoms with Crippen LogP contribution in [0.3, 0.4) is 0 Å². The van der Waals surface area contributed by atoms with E-state index < -0.39 is 11.6 Å². The van der Waals surface area contributed by atoms with Crippen LogP contribution >= 0.6 is 0 Å². The third kappa shape index (κ3) is 3.72. The van der Waals surface area contributed by atoms with Crippen molar-refractivity contribution in [3.05, 3.63) is 0 Å². The number of aliphatic hydroxyl groups is 1. The molecule has 0 spiro atoms. The summed E-state index contributed by atoms with van der Waals surface area (Å²) in [5.74, 6) is -0.656. The molecule has 1 fully saturated rings. The van der Waals surface area contributed by atoms with Gasteiger partial charge in [0.05, 0.1) is 0 Å². The molecule has 7 heteroatoms. The normalized spacial score (nSPS) is 21.9. The van der Waals surface area contributed by atoms with E-state index in [0.29, 0.717) is 19.4 Å². The van der Waals surface area contributed by atoms with Gasteiger partial charge in [-0.15, -0.1) is 0 Å². The van der Waals surface area contributed by atoms with E-state index >= 15 is 0 Å². The van der Waals surface area contributed by atoms with Gasteiger partial charge in [-0.25, -0.2) is 4.79 Å². The van der Waals surface area contributed by atoms with Crippen molar-refractivity contribution in [3.8, 4) is 0 Å². The predicted octanol–water partition coefficient (Wildman–Crippen LogP) is 0.326. The predicted molar refractivity (Wildman–Crippen MR) is 77.5 cm³/mol. The molecule has 0 aromatic rings. The van der Waals surface area contributed by atoms with Gasteiger partial charge in [-0.05, 0) is 33.6 Å². The van der Waals surface area contributed by atoms with Crippen molar-refractivity contribution in [2.75, 3.05) is 19.7 Å². The Labute approximate surface area is 125 Å². The van der Waals surface area contributed by atoms with Crippen LogP contribution in [0.1, 0.15) is 40.5 Å². The van der Waals surface area contributed by atoms with Crippen LogP contribution < -0.4 is 5.32 Å². The number of nitrogens with one attached hydrogen (secondary N) is 1. The Bertz CT molecular complexity index is 424. The first-order valence-corrected chi connectivity index (χ1v) is 7.31.